The van der Waals surface area contributed by atoms with E-state index in [2.05, 4.69) is 17.7 Å². The molecular formula is C10H20N2O2. The van der Waals surface area contributed by atoms with Gasteiger partial charge in [-0.2, -0.15) is 0 Å². The van der Waals surface area contributed by atoms with Crippen molar-refractivity contribution in [2.24, 2.45) is 17.8 Å². The molecule has 0 aromatic carbocycles. The summed E-state index contributed by atoms with van der Waals surface area (Å²) in [5.74, 6) is 0.900. The van der Waals surface area contributed by atoms with Crippen LogP contribution in [-0.4, -0.2) is 25.6 Å². The van der Waals surface area contributed by atoms with E-state index < -0.39 is 0 Å². The van der Waals surface area contributed by atoms with Crippen LogP contribution in [0.4, 0.5) is 0 Å². The lowest BCUT2D eigenvalue weighted by atomic mass is 9.98. The van der Waals surface area contributed by atoms with E-state index in [1.165, 1.54) is 0 Å². The largest absolute Gasteiger partial charge is 0.316 e. The highest BCUT2D eigenvalue weighted by Crippen LogP contribution is 2.15. The van der Waals surface area contributed by atoms with E-state index in [1.54, 1.807) is 0 Å². The maximum absolute atomic E-state index is 11.6. The van der Waals surface area contributed by atoms with Crippen LogP contribution in [0.5, 0.6) is 0 Å². The zero-order chi connectivity index (χ0) is 10.6. The van der Waals surface area contributed by atoms with E-state index in [1.807, 2.05) is 13.8 Å². The van der Waals surface area contributed by atoms with Crippen molar-refractivity contribution >= 4 is 5.91 Å². The molecule has 1 fully saturated rings. The predicted octanol–water partition coefficient (Wildman–Crippen LogP) is 0.546. The summed E-state index contributed by atoms with van der Waals surface area (Å²) in [6, 6.07) is 0. The van der Waals surface area contributed by atoms with E-state index >= 15 is 0 Å². The van der Waals surface area contributed by atoms with Gasteiger partial charge in [0.25, 0.3) is 0 Å². The van der Waals surface area contributed by atoms with Gasteiger partial charge in [0.15, 0.2) is 0 Å². The smallest absolute Gasteiger partial charge is 0.248 e. The van der Waals surface area contributed by atoms with E-state index in [0.29, 0.717) is 18.4 Å². The van der Waals surface area contributed by atoms with Crippen molar-refractivity contribution in [2.45, 2.75) is 20.8 Å². The third kappa shape index (κ3) is 3.27. The highest BCUT2D eigenvalue weighted by atomic mass is 16.6. The fraction of sp³-hybridized carbons (Fsp3) is 0.900. The van der Waals surface area contributed by atoms with Crippen LogP contribution in [0.25, 0.3) is 0 Å². The zero-order valence-corrected chi connectivity index (χ0v) is 9.17. The second-order valence-corrected chi connectivity index (χ2v) is 4.41. The lowest BCUT2D eigenvalue weighted by Crippen LogP contribution is -2.35. The Bertz CT molecular complexity index is 195. The van der Waals surface area contributed by atoms with Gasteiger partial charge in [-0.3, -0.25) is 9.63 Å². The van der Waals surface area contributed by atoms with E-state index in [4.69, 9.17) is 4.84 Å². The van der Waals surface area contributed by atoms with E-state index in [-0.39, 0.29) is 11.8 Å². The molecule has 0 aromatic rings. The summed E-state index contributed by atoms with van der Waals surface area (Å²) in [6.45, 7) is 8.42. The number of carbonyl (C=O) groups is 1. The van der Waals surface area contributed by atoms with Gasteiger partial charge in [-0.25, -0.2) is 5.48 Å². The lowest BCUT2D eigenvalue weighted by molar-refractivity contribution is -0.139. The van der Waals surface area contributed by atoms with Crippen LogP contribution in [0.15, 0.2) is 0 Å². The number of rotatable bonds is 4. The van der Waals surface area contributed by atoms with Crippen molar-refractivity contribution in [1.82, 2.24) is 10.8 Å². The van der Waals surface area contributed by atoms with Gasteiger partial charge in [-0.15, -0.1) is 0 Å². The Labute approximate surface area is 85.3 Å². The molecule has 4 heteroatoms. The normalized spacial score (nSPS) is 26.9. The van der Waals surface area contributed by atoms with Crippen LogP contribution in [0.1, 0.15) is 20.8 Å². The van der Waals surface area contributed by atoms with Crippen molar-refractivity contribution in [1.29, 1.82) is 0 Å². The van der Waals surface area contributed by atoms with Gasteiger partial charge < -0.3 is 5.32 Å². The van der Waals surface area contributed by atoms with Gasteiger partial charge in [-0.05, 0) is 18.4 Å². The Morgan fingerprint density at radius 1 is 1.57 bits per heavy atom. The second-order valence-electron chi connectivity index (χ2n) is 4.41. The second kappa shape index (κ2) is 5.32. The molecule has 1 aliphatic rings. The van der Waals surface area contributed by atoms with Gasteiger partial charge in [0.2, 0.25) is 5.91 Å². The van der Waals surface area contributed by atoms with Crippen molar-refractivity contribution in [3.63, 3.8) is 0 Å². The Balaban J connectivity index is 2.21. The molecule has 0 aliphatic carbocycles. The van der Waals surface area contributed by atoms with Crippen molar-refractivity contribution < 1.29 is 9.63 Å². The van der Waals surface area contributed by atoms with Gasteiger partial charge >= 0.3 is 0 Å². The zero-order valence-electron chi connectivity index (χ0n) is 9.17. The molecule has 2 unspecified atom stereocenters. The fourth-order valence-electron chi connectivity index (χ4n) is 1.52. The standard InChI is InChI=1S/C10H20N2O2/c1-7(2)6-14-12-10(13)9-5-11-4-8(9)3/h7-9,11H,4-6H2,1-3H3,(H,12,13). The molecule has 1 amide bonds. The Hall–Kier alpha value is -0.610. The Morgan fingerprint density at radius 3 is 2.79 bits per heavy atom. The SMILES string of the molecule is CC(C)CONC(=O)C1CNCC1C. The van der Waals surface area contributed by atoms with Gasteiger partial charge in [0.1, 0.15) is 0 Å². The number of carbonyl (C=O) groups excluding carboxylic acids is 1. The molecule has 0 aromatic heterocycles. The highest BCUT2D eigenvalue weighted by Gasteiger charge is 2.29. The maximum Gasteiger partial charge on any atom is 0.248 e. The average molecular weight is 200 g/mol. The first-order valence-electron chi connectivity index (χ1n) is 5.23. The number of amides is 1. The van der Waals surface area contributed by atoms with Crippen LogP contribution < -0.4 is 10.8 Å². The third-order valence-electron chi connectivity index (χ3n) is 2.44. The Kier molecular flexibility index (Phi) is 4.35. The lowest BCUT2D eigenvalue weighted by Gasteiger charge is -2.14. The molecule has 0 bridgehead atoms. The summed E-state index contributed by atoms with van der Waals surface area (Å²) < 4.78 is 0. The molecular weight excluding hydrogens is 180 g/mol. The predicted molar refractivity (Wildman–Crippen MR) is 54.5 cm³/mol. The fourth-order valence-corrected chi connectivity index (χ4v) is 1.52. The van der Waals surface area contributed by atoms with E-state index in [0.717, 1.165) is 13.1 Å². The van der Waals surface area contributed by atoms with Crippen LogP contribution in [0.3, 0.4) is 0 Å². The molecule has 2 atom stereocenters. The molecule has 82 valence electrons. The van der Waals surface area contributed by atoms with Crippen molar-refractivity contribution in [3.05, 3.63) is 0 Å². The van der Waals surface area contributed by atoms with E-state index in [9.17, 15) is 4.79 Å². The summed E-state index contributed by atoms with van der Waals surface area (Å²) in [4.78, 5) is 16.7. The number of hydrogen-bond donors (Lipinski definition) is 2. The molecule has 1 rings (SSSR count). The van der Waals surface area contributed by atoms with Crippen LogP contribution in [0.2, 0.25) is 0 Å². The van der Waals surface area contributed by atoms with Crippen molar-refractivity contribution in [3.8, 4) is 0 Å². The van der Waals surface area contributed by atoms with Gasteiger partial charge in [-0.1, -0.05) is 20.8 Å². The molecule has 2 N–H and O–H groups in total. The molecule has 4 nitrogen and oxygen atoms in total. The summed E-state index contributed by atoms with van der Waals surface area (Å²) in [5.41, 5.74) is 2.51. The van der Waals surface area contributed by atoms with Gasteiger partial charge in [0, 0.05) is 6.54 Å². The van der Waals surface area contributed by atoms with Crippen LogP contribution >= 0.6 is 0 Å². The third-order valence-corrected chi connectivity index (χ3v) is 2.44. The minimum Gasteiger partial charge on any atom is -0.316 e. The molecule has 0 saturated carbocycles. The molecule has 1 aliphatic heterocycles. The summed E-state index contributed by atoms with van der Waals surface area (Å²) >= 11 is 0. The molecule has 1 heterocycles. The average Bonchev–Trinajstić information content (AvgIpc) is 2.50. The first-order chi connectivity index (χ1) is 6.61. The molecule has 0 spiro atoms. The first-order valence-corrected chi connectivity index (χ1v) is 5.23. The topological polar surface area (TPSA) is 50.4 Å². The number of hydroxylamine groups is 1. The first kappa shape index (κ1) is 11.5. The molecule has 14 heavy (non-hydrogen) atoms. The monoisotopic (exact) mass is 200 g/mol. The van der Waals surface area contributed by atoms with Gasteiger partial charge in [0.05, 0.1) is 12.5 Å². The summed E-state index contributed by atoms with van der Waals surface area (Å²) in [6.07, 6.45) is 0. The minimum atomic E-state index is 0.00292. The molecule has 0 radical (unpaired) electrons. The quantitative estimate of drug-likeness (QED) is 0.651. The number of hydrogen-bond acceptors (Lipinski definition) is 3. The van der Waals surface area contributed by atoms with Crippen molar-refractivity contribution in [2.75, 3.05) is 19.7 Å². The van der Waals surface area contributed by atoms with Crippen LogP contribution in [0, 0.1) is 17.8 Å². The molecule has 1 saturated heterocycles. The maximum atomic E-state index is 11.6. The Morgan fingerprint density at radius 2 is 2.29 bits per heavy atom. The minimum absolute atomic E-state index is 0.00292. The number of nitrogens with one attached hydrogen (secondary N) is 2. The van der Waals surface area contributed by atoms with Crippen LogP contribution in [-0.2, 0) is 9.63 Å². The summed E-state index contributed by atoms with van der Waals surface area (Å²) in [7, 11) is 0. The summed E-state index contributed by atoms with van der Waals surface area (Å²) in [5, 5.41) is 3.19. The highest BCUT2D eigenvalue weighted by molar-refractivity contribution is 5.78.